The quantitative estimate of drug-likeness (QED) is 0.695. The molecule has 0 aliphatic rings. The number of carboxylic acid groups (broad SMARTS) is 1. The van der Waals surface area contributed by atoms with Gasteiger partial charge in [0.1, 0.15) is 0 Å². The average molecular weight is 259 g/mol. The molecule has 0 heterocycles. The number of benzene rings is 1. The van der Waals surface area contributed by atoms with Gasteiger partial charge in [0.2, 0.25) is 0 Å². The molecular weight excluding hydrogens is 244 g/mol. The summed E-state index contributed by atoms with van der Waals surface area (Å²) >= 11 is 0. The van der Waals surface area contributed by atoms with Gasteiger partial charge < -0.3 is 15.2 Å². The minimum atomic E-state index is -3.74. The monoisotopic (exact) mass is 259 g/mol. The van der Waals surface area contributed by atoms with Crippen LogP contribution in [0.15, 0.2) is 30.3 Å². The molecule has 0 fully saturated rings. The summed E-state index contributed by atoms with van der Waals surface area (Å²) in [5.74, 6) is -5.86. The maximum absolute atomic E-state index is 12.6. The van der Waals surface area contributed by atoms with E-state index in [1.165, 1.54) is 0 Å². The third kappa shape index (κ3) is 5.20. The standard InChI is InChI=1S/C12H15F2NO3/c13-12(14,11(16)17)9-15-6-7-18-8-10-4-2-1-3-5-10/h1-5,15H,6-9H2,(H,16,17). The van der Waals surface area contributed by atoms with Gasteiger partial charge in [-0.25, -0.2) is 4.79 Å². The first kappa shape index (κ1) is 14.5. The van der Waals surface area contributed by atoms with Gasteiger partial charge >= 0.3 is 11.9 Å². The van der Waals surface area contributed by atoms with Crippen LogP contribution in [0.2, 0.25) is 0 Å². The normalized spacial score (nSPS) is 11.4. The van der Waals surface area contributed by atoms with E-state index in [2.05, 4.69) is 5.32 Å². The highest BCUT2D eigenvalue weighted by atomic mass is 19.3. The van der Waals surface area contributed by atoms with Gasteiger partial charge in [-0.15, -0.1) is 0 Å². The van der Waals surface area contributed by atoms with Crippen molar-refractivity contribution in [1.29, 1.82) is 0 Å². The summed E-state index contributed by atoms with van der Waals surface area (Å²) < 4.78 is 30.5. The maximum Gasteiger partial charge on any atom is 0.375 e. The van der Waals surface area contributed by atoms with Crippen LogP contribution in [0.3, 0.4) is 0 Å². The van der Waals surface area contributed by atoms with Gasteiger partial charge in [0.15, 0.2) is 0 Å². The van der Waals surface area contributed by atoms with E-state index < -0.39 is 18.4 Å². The van der Waals surface area contributed by atoms with Crippen molar-refractivity contribution in [2.24, 2.45) is 0 Å². The SMILES string of the molecule is O=C(O)C(F)(F)CNCCOCc1ccccc1. The Morgan fingerprint density at radius 2 is 2.00 bits per heavy atom. The lowest BCUT2D eigenvalue weighted by molar-refractivity contribution is -0.164. The fraction of sp³-hybridized carbons (Fsp3) is 0.417. The fourth-order valence-electron chi connectivity index (χ4n) is 1.23. The van der Waals surface area contributed by atoms with Crippen LogP contribution in [0.1, 0.15) is 5.56 Å². The summed E-state index contributed by atoms with van der Waals surface area (Å²) in [5.41, 5.74) is 0.994. The van der Waals surface area contributed by atoms with E-state index in [-0.39, 0.29) is 13.2 Å². The van der Waals surface area contributed by atoms with Gasteiger partial charge in [-0.2, -0.15) is 8.78 Å². The second-order valence-electron chi connectivity index (χ2n) is 3.72. The highest BCUT2D eigenvalue weighted by Gasteiger charge is 2.37. The Hall–Kier alpha value is -1.53. The first-order valence-corrected chi connectivity index (χ1v) is 5.46. The Morgan fingerprint density at radius 1 is 1.33 bits per heavy atom. The molecule has 6 heteroatoms. The number of carboxylic acids is 1. The summed E-state index contributed by atoms with van der Waals surface area (Å²) in [6.07, 6.45) is 0. The molecule has 0 radical (unpaired) electrons. The molecule has 1 aromatic rings. The van der Waals surface area contributed by atoms with Gasteiger partial charge in [0.05, 0.1) is 19.8 Å². The molecule has 0 saturated carbocycles. The zero-order valence-electron chi connectivity index (χ0n) is 9.73. The van der Waals surface area contributed by atoms with Crippen molar-refractivity contribution in [1.82, 2.24) is 5.32 Å². The summed E-state index contributed by atoms with van der Waals surface area (Å²) in [5, 5.41) is 10.5. The highest BCUT2D eigenvalue weighted by Crippen LogP contribution is 2.11. The lowest BCUT2D eigenvalue weighted by Crippen LogP contribution is -2.40. The number of halogens is 2. The zero-order chi connectivity index (χ0) is 13.4. The lowest BCUT2D eigenvalue weighted by Gasteiger charge is -2.12. The Morgan fingerprint density at radius 3 is 2.61 bits per heavy atom. The van der Waals surface area contributed by atoms with Gasteiger partial charge in [-0.05, 0) is 5.56 Å². The molecule has 0 atom stereocenters. The van der Waals surface area contributed by atoms with Crippen molar-refractivity contribution >= 4 is 5.97 Å². The molecule has 1 rings (SSSR count). The minimum absolute atomic E-state index is 0.176. The molecule has 100 valence electrons. The molecule has 0 amide bonds. The third-order valence-corrected chi connectivity index (χ3v) is 2.19. The van der Waals surface area contributed by atoms with Crippen LogP contribution in [0.25, 0.3) is 0 Å². The van der Waals surface area contributed by atoms with E-state index in [9.17, 15) is 13.6 Å². The first-order chi connectivity index (χ1) is 8.52. The van der Waals surface area contributed by atoms with E-state index >= 15 is 0 Å². The molecule has 1 aromatic carbocycles. The Bertz CT molecular complexity index is 371. The largest absolute Gasteiger partial charge is 0.477 e. The third-order valence-electron chi connectivity index (χ3n) is 2.19. The predicted octanol–water partition coefficient (Wildman–Crippen LogP) is 1.51. The minimum Gasteiger partial charge on any atom is -0.477 e. The highest BCUT2D eigenvalue weighted by molar-refractivity contribution is 5.75. The van der Waals surface area contributed by atoms with E-state index in [0.29, 0.717) is 6.61 Å². The van der Waals surface area contributed by atoms with E-state index in [0.717, 1.165) is 5.56 Å². The van der Waals surface area contributed by atoms with Gasteiger partial charge in [0.25, 0.3) is 0 Å². The molecule has 0 saturated heterocycles. The van der Waals surface area contributed by atoms with Crippen molar-refractivity contribution in [2.45, 2.75) is 12.5 Å². The number of ether oxygens (including phenoxy) is 1. The van der Waals surface area contributed by atoms with Crippen molar-refractivity contribution in [3.8, 4) is 0 Å². The molecule has 0 unspecified atom stereocenters. The zero-order valence-corrected chi connectivity index (χ0v) is 9.73. The van der Waals surface area contributed by atoms with Crippen LogP contribution in [-0.4, -0.2) is 36.7 Å². The number of aliphatic carboxylic acids is 1. The van der Waals surface area contributed by atoms with Gasteiger partial charge in [-0.1, -0.05) is 30.3 Å². The van der Waals surface area contributed by atoms with Crippen LogP contribution in [0.4, 0.5) is 8.78 Å². The van der Waals surface area contributed by atoms with Crippen LogP contribution in [-0.2, 0) is 16.1 Å². The molecule has 0 aliphatic heterocycles. The van der Waals surface area contributed by atoms with Crippen LogP contribution in [0, 0.1) is 0 Å². The lowest BCUT2D eigenvalue weighted by atomic mass is 10.2. The maximum atomic E-state index is 12.6. The van der Waals surface area contributed by atoms with E-state index in [1.54, 1.807) is 0 Å². The second kappa shape index (κ2) is 7.03. The molecule has 2 N–H and O–H groups in total. The number of nitrogens with one attached hydrogen (secondary N) is 1. The molecular formula is C12H15F2NO3. The van der Waals surface area contributed by atoms with E-state index in [1.807, 2.05) is 30.3 Å². The number of rotatable bonds is 8. The second-order valence-corrected chi connectivity index (χ2v) is 3.72. The predicted molar refractivity (Wildman–Crippen MR) is 61.6 cm³/mol. The van der Waals surface area contributed by atoms with Crippen LogP contribution in [0.5, 0.6) is 0 Å². The topological polar surface area (TPSA) is 58.6 Å². The number of carbonyl (C=O) groups is 1. The Labute approximate surface area is 104 Å². The van der Waals surface area contributed by atoms with Gasteiger partial charge in [-0.3, -0.25) is 0 Å². The molecule has 4 nitrogen and oxygen atoms in total. The first-order valence-electron chi connectivity index (χ1n) is 5.46. The molecule has 0 aliphatic carbocycles. The van der Waals surface area contributed by atoms with Crippen molar-refractivity contribution < 1.29 is 23.4 Å². The van der Waals surface area contributed by atoms with Crippen molar-refractivity contribution in [3.63, 3.8) is 0 Å². The Kier molecular flexibility index (Phi) is 5.67. The van der Waals surface area contributed by atoms with Gasteiger partial charge in [0, 0.05) is 6.54 Å². The van der Waals surface area contributed by atoms with Crippen LogP contribution >= 0.6 is 0 Å². The molecule has 0 aromatic heterocycles. The number of hydrogen-bond acceptors (Lipinski definition) is 3. The summed E-state index contributed by atoms with van der Waals surface area (Å²) in [4.78, 5) is 10.1. The average Bonchev–Trinajstić information content (AvgIpc) is 2.34. The summed E-state index contributed by atoms with van der Waals surface area (Å²) in [6, 6.07) is 9.44. The van der Waals surface area contributed by atoms with Crippen molar-refractivity contribution in [3.05, 3.63) is 35.9 Å². The summed E-state index contributed by atoms with van der Waals surface area (Å²) in [6.45, 7) is -0.0742. The van der Waals surface area contributed by atoms with Crippen molar-refractivity contribution in [2.75, 3.05) is 19.7 Å². The molecule has 18 heavy (non-hydrogen) atoms. The number of hydrogen-bond donors (Lipinski definition) is 2. The smallest absolute Gasteiger partial charge is 0.375 e. The summed E-state index contributed by atoms with van der Waals surface area (Å²) in [7, 11) is 0. The fourth-order valence-corrected chi connectivity index (χ4v) is 1.23. The Balaban J connectivity index is 2.08. The van der Waals surface area contributed by atoms with E-state index in [4.69, 9.17) is 9.84 Å². The van der Waals surface area contributed by atoms with Crippen LogP contribution < -0.4 is 5.32 Å². The molecule has 0 bridgehead atoms. The number of alkyl halides is 2. The molecule has 0 spiro atoms.